The summed E-state index contributed by atoms with van der Waals surface area (Å²) in [5, 5.41) is 0. The largest absolute Gasteiger partial charge is 0.0651 e. The zero-order valence-corrected chi connectivity index (χ0v) is 12.2. The zero-order valence-electron chi connectivity index (χ0n) is 12.2. The van der Waals surface area contributed by atoms with Gasteiger partial charge >= 0.3 is 0 Å². The highest BCUT2D eigenvalue weighted by atomic mass is 14.2. The van der Waals surface area contributed by atoms with Crippen molar-refractivity contribution in [2.75, 3.05) is 0 Å². The number of aryl methyl sites for hydroxylation is 2. The van der Waals surface area contributed by atoms with Crippen LogP contribution in [0.15, 0.2) is 18.2 Å². The molecular formula is C17H28. The lowest BCUT2D eigenvalue weighted by Gasteiger charge is -2.22. The molecular weight excluding hydrogens is 204 g/mol. The van der Waals surface area contributed by atoms with Gasteiger partial charge in [0.15, 0.2) is 0 Å². The van der Waals surface area contributed by atoms with Gasteiger partial charge in [0.25, 0.3) is 0 Å². The second kappa shape index (κ2) is 6.83. The summed E-state index contributed by atoms with van der Waals surface area (Å²) in [6, 6.07) is 6.69. The van der Waals surface area contributed by atoms with Crippen LogP contribution in [0.2, 0.25) is 0 Å². The van der Waals surface area contributed by atoms with E-state index >= 15 is 0 Å². The van der Waals surface area contributed by atoms with Gasteiger partial charge in [-0.15, -0.1) is 0 Å². The van der Waals surface area contributed by atoms with Crippen LogP contribution in [0.5, 0.6) is 0 Å². The summed E-state index contributed by atoms with van der Waals surface area (Å²) in [5.74, 6) is 1.76. The molecule has 17 heavy (non-hydrogen) atoms. The minimum absolute atomic E-state index is 0.647. The van der Waals surface area contributed by atoms with Crippen LogP contribution >= 0.6 is 0 Å². The molecule has 0 heterocycles. The van der Waals surface area contributed by atoms with Gasteiger partial charge in [0, 0.05) is 0 Å². The van der Waals surface area contributed by atoms with Crippen molar-refractivity contribution in [2.45, 2.75) is 66.2 Å². The molecule has 0 spiro atoms. The average molecular weight is 232 g/mol. The highest BCUT2D eigenvalue weighted by molar-refractivity contribution is 5.31. The summed E-state index contributed by atoms with van der Waals surface area (Å²) < 4.78 is 0. The summed E-state index contributed by atoms with van der Waals surface area (Å²) in [6.45, 7) is 11.1. The molecule has 96 valence electrons. The van der Waals surface area contributed by atoms with Gasteiger partial charge < -0.3 is 0 Å². The van der Waals surface area contributed by atoms with E-state index in [1.807, 2.05) is 0 Å². The molecule has 0 N–H and O–H groups in total. The second-order valence-corrected chi connectivity index (χ2v) is 5.70. The number of hydrogen-bond acceptors (Lipinski definition) is 0. The topological polar surface area (TPSA) is 0 Å². The Morgan fingerprint density at radius 2 is 1.76 bits per heavy atom. The van der Waals surface area contributed by atoms with Gasteiger partial charge in [-0.3, -0.25) is 0 Å². The molecule has 1 aromatic carbocycles. The van der Waals surface area contributed by atoms with E-state index in [1.54, 1.807) is 0 Å². The van der Waals surface area contributed by atoms with E-state index in [4.69, 9.17) is 0 Å². The maximum atomic E-state index is 2.28. The van der Waals surface area contributed by atoms with Crippen LogP contribution in [0.3, 0.4) is 0 Å². The minimum Gasteiger partial charge on any atom is -0.0651 e. The van der Waals surface area contributed by atoms with Crippen molar-refractivity contribution in [1.82, 2.24) is 0 Å². The van der Waals surface area contributed by atoms with Crippen molar-refractivity contribution in [2.24, 2.45) is 5.92 Å². The van der Waals surface area contributed by atoms with E-state index in [9.17, 15) is 0 Å². The van der Waals surface area contributed by atoms with Crippen LogP contribution in [0.4, 0.5) is 0 Å². The third kappa shape index (κ3) is 4.53. The molecule has 0 saturated heterocycles. The van der Waals surface area contributed by atoms with Crippen LogP contribution in [0.25, 0.3) is 0 Å². The number of benzene rings is 1. The van der Waals surface area contributed by atoms with Crippen LogP contribution < -0.4 is 0 Å². The highest BCUT2D eigenvalue weighted by Gasteiger charge is 2.13. The summed E-state index contributed by atoms with van der Waals surface area (Å²) in [5.41, 5.74) is 4.22. The first kappa shape index (κ1) is 14.3. The normalized spacial score (nSPS) is 15.2. The molecule has 2 rings (SSSR count). The molecule has 1 aromatic rings. The predicted octanol–water partition coefficient (Wildman–Crippen LogP) is 5.62. The average Bonchev–Trinajstić information content (AvgIpc) is 2.21. The SMILES string of the molecule is CCC1CCC1.Cc1ccc(C(C)C)cc1C. The Morgan fingerprint density at radius 3 is 2.06 bits per heavy atom. The van der Waals surface area contributed by atoms with Crippen molar-refractivity contribution in [1.29, 1.82) is 0 Å². The fraction of sp³-hybridized carbons (Fsp3) is 0.647. The van der Waals surface area contributed by atoms with Crippen LogP contribution in [0.1, 0.15) is 69.1 Å². The highest BCUT2D eigenvalue weighted by Crippen LogP contribution is 2.28. The molecule has 0 aliphatic heterocycles. The van der Waals surface area contributed by atoms with Crippen molar-refractivity contribution in [3.63, 3.8) is 0 Å². The van der Waals surface area contributed by atoms with E-state index in [0.717, 1.165) is 5.92 Å². The zero-order chi connectivity index (χ0) is 12.8. The first-order valence-electron chi connectivity index (χ1n) is 7.11. The quantitative estimate of drug-likeness (QED) is 0.620. The molecule has 0 heteroatoms. The van der Waals surface area contributed by atoms with Gasteiger partial charge in [-0.1, -0.05) is 64.7 Å². The predicted molar refractivity (Wildman–Crippen MR) is 77.6 cm³/mol. The van der Waals surface area contributed by atoms with Crippen LogP contribution in [-0.2, 0) is 0 Å². The Morgan fingerprint density at radius 1 is 1.12 bits per heavy atom. The molecule has 0 atom stereocenters. The molecule has 1 aliphatic rings. The van der Waals surface area contributed by atoms with E-state index in [0.29, 0.717) is 5.92 Å². The lowest BCUT2D eigenvalue weighted by atomic mass is 9.84. The molecule has 0 unspecified atom stereocenters. The smallest absolute Gasteiger partial charge is 0.0219 e. The van der Waals surface area contributed by atoms with Gasteiger partial charge in [0.1, 0.15) is 0 Å². The molecule has 1 fully saturated rings. The van der Waals surface area contributed by atoms with Crippen LogP contribution in [0, 0.1) is 19.8 Å². The lowest BCUT2D eigenvalue weighted by Crippen LogP contribution is -2.08. The van der Waals surface area contributed by atoms with E-state index in [-0.39, 0.29) is 0 Å². The van der Waals surface area contributed by atoms with Crippen LogP contribution in [-0.4, -0.2) is 0 Å². The first-order valence-corrected chi connectivity index (χ1v) is 7.11. The monoisotopic (exact) mass is 232 g/mol. The third-order valence-electron chi connectivity index (χ3n) is 4.00. The van der Waals surface area contributed by atoms with Gasteiger partial charge in [-0.2, -0.15) is 0 Å². The van der Waals surface area contributed by atoms with Gasteiger partial charge in [0.05, 0.1) is 0 Å². The van der Waals surface area contributed by atoms with E-state index in [1.165, 1.54) is 42.4 Å². The Balaban J connectivity index is 0.000000202. The minimum atomic E-state index is 0.647. The summed E-state index contributed by atoms with van der Waals surface area (Å²) >= 11 is 0. The maximum absolute atomic E-state index is 2.28. The Bertz CT molecular complexity index is 329. The molecule has 1 saturated carbocycles. The van der Waals surface area contributed by atoms with E-state index in [2.05, 4.69) is 52.8 Å². The first-order chi connectivity index (χ1) is 8.04. The summed E-state index contributed by atoms with van der Waals surface area (Å²) in [4.78, 5) is 0. The Kier molecular flexibility index (Phi) is 5.74. The van der Waals surface area contributed by atoms with Crippen molar-refractivity contribution in [3.8, 4) is 0 Å². The standard InChI is InChI=1S/C11H16.C6H12/c1-8(2)11-6-5-9(3)10(4)7-11;1-2-6-4-3-5-6/h5-8H,1-4H3;6H,2-5H2,1H3. The third-order valence-corrected chi connectivity index (χ3v) is 4.00. The second-order valence-electron chi connectivity index (χ2n) is 5.70. The maximum Gasteiger partial charge on any atom is -0.0219 e. The lowest BCUT2D eigenvalue weighted by molar-refractivity contribution is 0.307. The van der Waals surface area contributed by atoms with Crippen molar-refractivity contribution >= 4 is 0 Å². The summed E-state index contributed by atoms with van der Waals surface area (Å²) in [6.07, 6.45) is 5.94. The van der Waals surface area contributed by atoms with Crippen molar-refractivity contribution < 1.29 is 0 Å². The number of hydrogen-bond donors (Lipinski definition) is 0. The Labute approximate surface area is 107 Å². The van der Waals surface area contributed by atoms with Gasteiger partial charge in [-0.05, 0) is 42.4 Å². The van der Waals surface area contributed by atoms with E-state index < -0.39 is 0 Å². The van der Waals surface area contributed by atoms with Crippen molar-refractivity contribution in [3.05, 3.63) is 34.9 Å². The Hall–Kier alpha value is -0.780. The van der Waals surface area contributed by atoms with Gasteiger partial charge in [-0.25, -0.2) is 0 Å². The molecule has 0 aromatic heterocycles. The fourth-order valence-corrected chi connectivity index (χ4v) is 2.02. The molecule has 0 radical (unpaired) electrons. The molecule has 0 amide bonds. The molecule has 0 bridgehead atoms. The fourth-order valence-electron chi connectivity index (χ4n) is 2.02. The molecule has 1 aliphatic carbocycles. The molecule has 0 nitrogen and oxygen atoms in total. The number of rotatable bonds is 2. The van der Waals surface area contributed by atoms with Gasteiger partial charge in [0.2, 0.25) is 0 Å². The summed E-state index contributed by atoms with van der Waals surface area (Å²) in [7, 11) is 0.